The predicted octanol–water partition coefficient (Wildman–Crippen LogP) is 6.88. The van der Waals surface area contributed by atoms with Gasteiger partial charge in [0.15, 0.2) is 0 Å². The van der Waals surface area contributed by atoms with Crippen LogP contribution < -0.4 is 5.56 Å². The molecule has 0 saturated carbocycles. The van der Waals surface area contributed by atoms with Crippen LogP contribution in [0, 0.1) is 0 Å². The quantitative estimate of drug-likeness (QED) is 0.239. The number of thiophene rings is 1. The number of hydrogen-bond donors (Lipinski definition) is 0. The van der Waals surface area contributed by atoms with Crippen LogP contribution in [0.1, 0.15) is 61.1 Å². The summed E-state index contributed by atoms with van der Waals surface area (Å²) in [6.45, 7) is 4.69. The van der Waals surface area contributed by atoms with E-state index < -0.39 is 6.04 Å². The number of halogens is 1. The number of hydrogen-bond acceptors (Lipinski definition) is 4. The summed E-state index contributed by atoms with van der Waals surface area (Å²) < 4.78 is 1.57. The van der Waals surface area contributed by atoms with Crippen molar-refractivity contribution in [2.24, 2.45) is 0 Å². The standard InChI is InChI=1S/C27H28ClN3O2S/c1-3-4-5-10-17-30(27(33)24-16-11-18-34-24)19(2)25-29-22-14-8-6-12-20(22)26(32)31(25)23-15-9-7-13-21(23)28/h6-9,11-16,18-19H,3-5,10,17H2,1-2H3. The molecular formula is C27H28ClN3O2S. The van der Waals surface area contributed by atoms with Crippen LogP contribution in [-0.4, -0.2) is 26.9 Å². The molecule has 176 valence electrons. The van der Waals surface area contributed by atoms with Crippen LogP contribution in [-0.2, 0) is 0 Å². The maximum absolute atomic E-state index is 13.7. The van der Waals surface area contributed by atoms with Gasteiger partial charge in [0.2, 0.25) is 0 Å². The zero-order chi connectivity index (χ0) is 24.1. The number of carbonyl (C=O) groups excluding carboxylic acids is 1. The van der Waals surface area contributed by atoms with Crippen LogP contribution >= 0.6 is 22.9 Å². The van der Waals surface area contributed by atoms with Crippen molar-refractivity contribution in [3.05, 3.63) is 92.1 Å². The minimum Gasteiger partial charge on any atom is -0.328 e. The first-order valence-corrected chi connectivity index (χ1v) is 12.9. The second-order valence-electron chi connectivity index (χ2n) is 8.29. The van der Waals surface area contributed by atoms with Crippen molar-refractivity contribution in [1.29, 1.82) is 0 Å². The number of carbonyl (C=O) groups is 1. The van der Waals surface area contributed by atoms with Gasteiger partial charge in [-0.2, -0.15) is 0 Å². The van der Waals surface area contributed by atoms with Gasteiger partial charge in [0.25, 0.3) is 11.5 Å². The van der Waals surface area contributed by atoms with Crippen molar-refractivity contribution < 1.29 is 4.79 Å². The van der Waals surface area contributed by atoms with Crippen molar-refractivity contribution in [3.8, 4) is 5.69 Å². The van der Waals surface area contributed by atoms with Crippen molar-refractivity contribution in [3.63, 3.8) is 0 Å². The summed E-state index contributed by atoms with van der Waals surface area (Å²) in [5, 5.41) is 2.87. The molecule has 0 saturated heterocycles. The summed E-state index contributed by atoms with van der Waals surface area (Å²) in [7, 11) is 0. The Bertz CT molecular complexity index is 1330. The Hall–Kier alpha value is -2.96. The SMILES string of the molecule is CCCCCCN(C(=O)c1cccs1)C(C)c1nc2ccccc2c(=O)n1-c1ccccc1Cl. The minimum absolute atomic E-state index is 0.0490. The molecule has 34 heavy (non-hydrogen) atoms. The second-order valence-corrected chi connectivity index (χ2v) is 9.65. The maximum Gasteiger partial charge on any atom is 0.266 e. The molecule has 2 heterocycles. The second kappa shape index (κ2) is 11.0. The Balaban J connectivity index is 1.86. The summed E-state index contributed by atoms with van der Waals surface area (Å²) in [5.41, 5.74) is 0.964. The lowest BCUT2D eigenvalue weighted by molar-refractivity contribution is 0.0682. The van der Waals surface area contributed by atoms with E-state index in [2.05, 4.69) is 6.92 Å². The van der Waals surface area contributed by atoms with Gasteiger partial charge in [0.1, 0.15) is 5.82 Å². The van der Waals surface area contributed by atoms with E-state index >= 15 is 0 Å². The van der Waals surface area contributed by atoms with Gasteiger partial charge in [0.05, 0.1) is 32.5 Å². The zero-order valence-electron chi connectivity index (χ0n) is 19.4. The molecule has 1 amide bonds. The highest BCUT2D eigenvalue weighted by Crippen LogP contribution is 2.28. The van der Waals surface area contributed by atoms with Crippen LogP contribution in [0.25, 0.3) is 16.6 Å². The van der Waals surface area contributed by atoms with Gasteiger partial charge < -0.3 is 4.90 Å². The van der Waals surface area contributed by atoms with E-state index in [1.54, 1.807) is 16.7 Å². The van der Waals surface area contributed by atoms with Gasteiger partial charge in [-0.05, 0) is 49.1 Å². The average Bonchev–Trinajstić information content (AvgIpc) is 3.39. The monoisotopic (exact) mass is 493 g/mol. The summed E-state index contributed by atoms with van der Waals surface area (Å²) in [4.78, 5) is 34.6. The molecule has 0 radical (unpaired) electrons. The van der Waals surface area contributed by atoms with Crippen molar-refractivity contribution in [2.75, 3.05) is 6.54 Å². The number of fused-ring (bicyclic) bond motifs is 1. The van der Waals surface area contributed by atoms with Gasteiger partial charge in [0, 0.05) is 6.54 Å². The third-order valence-corrected chi connectivity index (χ3v) is 7.16. The Morgan fingerprint density at radius 2 is 1.82 bits per heavy atom. The first-order chi connectivity index (χ1) is 16.5. The molecule has 0 spiro atoms. The summed E-state index contributed by atoms with van der Waals surface area (Å²) in [5.74, 6) is 0.448. The lowest BCUT2D eigenvalue weighted by atomic mass is 10.1. The molecule has 0 N–H and O–H groups in total. The first kappa shape index (κ1) is 24.2. The first-order valence-electron chi connectivity index (χ1n) is 11.6. The molecule has 2 aromatic heterocycles. The number of benzene rings is 2. The lowest BCUT2D eigenvalue weighted by Crippen LogP contribution is -2.38. The van der Waals surface area contributed by atoms with Gasteiger partial charge in [-0.25, -0.2) is 4.98 Å². The van der Waals surface area contributed by atoms with Crippen LogP contribution in [0.2, 0.25) is 5.02 Å². The molecule has 0 aliphatic carbocycles. The van der Waals surface area contributed by atoms with Crippen LogP contribution in [0.5, 0.6) is 0 Å². The summed E-state index contributed by atoms with van der Waals surface area (Å²) in [6.07, 6.45) is 4.17. The van der Waals surface area contributed by atoms with Gasteiger partial charge in [-0.1, -0.05) is 68.1 Å². The fourth-order valence-corrected chi connectivity index (χ4v) is 5.06. The van der Waals surface area contributed by atoms with E-state index in [1.807, 2.05) is 65.7 Å². The number of rotatable bonds is 9. The lowest BCUT2D eigenvalue weighted by Gasteiger charge is -2.30. The topological polar surface area (TPSA) is 55.2 Å². The molecule has 1 unspecified atom stereocenters. The van der Waals surface area contributed by atoms with E-state index in [0.717, 1.165) is 25.7 Å². The Kier molecular flexibility index (Phi) is 7.80. The molecule has 0 bridgehead atoms. The number of amides is 1. The fraction of sp³-hybridized carbons (Fsp3) is 0.296. The van der Waals surface area contributed by atoms with E-state index in [4.69, 9.17) is 16.6 Å². The molecule has 2 aromatic carbocycles. The number of unbranched alkanes of at least 4 members (excludes halogenated alkanes) is 3. The predicted molar refractivity (Wildman–Crippen MR) is 140 cm³/mol. The van der Waals surface area contributed by atoms with Gasteiger partial charge >= 0.3 is 0 Å². The summed E-state index contributed by atoms with van der Waals surface area (Å²) in [6, 6.07) is 17.8. The van der Waals surface area contributed by atoms with Crippen molar-refractivity contribution >= 4 is 39.7 Å². The Morgan fingerprint density at radius 1 is 1.06 bits per heavy atom. The Morgan fingerprint density at radius 3 is 2.56 bits per heavy atom. The molecule has 7 heteroatoms. The van der Waals surface area contributed by atoms with Gasteiger partial charge in [-0.3, -0.25) is 14.2 Å². The Labute approximate surface area is 208 Å². The smallest absolute Gasteiger partial charge is 0.266 e. The van der Waals surface area contributed by atoms with E-state index in [-0.39, 0.29) is 11.5 Å². The van der Waals surface area contributed by atoms with E-state index in [0.29, 0.717) is 38.9 Å². The van der Waals surface area contributed by atoms with Crippen LogP contribution in [0.3, 0.4) is 0 Å². The normalized spacial score (nSPS) is 12.1. The highest BCUT2D eigenvalue weighted by molar-refractivity contribution is 7.12. The maximum atomic E-state index is 13.7. The molecule has 0 aliphatic heterocycles. The average molecular weight is 494 g/mol. The molecule has 1 atom stereocenters. The molecule has 5 nitrogen and oxygen atoms in total. The number of para-hydroxylation sites is 2. The van der Waals surface area contributed by atoms with Crippen molar-refractivity contribution in [1.82, 2.24) is 14.5 Å². The van der Waals surface area contributed by atoms with Crippen LogP contribution in [0.4, 0.5) is 0 Å². The highest BCUT2D eigenvalue weighted by Gasteiger charge is 2.28. The molecule has 4 rings (SSSR count). The largest absolute Gasteiger partial charge is 0.328 e. The van der Waals surface area contributed by atoms with E-state index in [1.165, 1.54) is 11.3 Å². The van der Waals surface area contributed by atoms with Crippen LogP contribution in [0.15, 0.2) is 70.8 Å². The molecule has 4 aromatic rings. The third-order valence-electron chi connectivity index (χ3n) is 5.98. The highest BCUT2D eigenvalue weighted by atomic mass is 35.5. The van der Waals surface area contributed by atoms with Gasteiger partial charge in [-0.15, -0.1) is 11.3 Å². The minimum atomic E-state index is -0.440. The number of aromatic nitrogens is 2. The third kappa shape index (κ3) is 4.93. The summed E-state index contributed by atoms with van der Waals surface area (Å²) >= 11 is 7.96. The molecule has 0 fully saturated rings. The molecule has 0 aliphatic rings. The fourth-order valence-electron chi connectivity index (χ4n) is 4.16. The van der Waals surface area contributed by atoms with E-state index in [9.17, 15) is 9.59 Å². The molecular weight excluding hydrogens is 466 g/mol. The number of nitrogens with zero attached hydrogens (tertiary/aromatic N) is 3. The van der Waals surface area contributed by atoms with Crippen molar-refractivity contribution in [2.45, 2.75) is 45.6 Å². The zero-order valence-corrected chi connectivity index (χ0v) is 21.0.